The largest absolute Gasteiger partial charge is 0.439 e. The van der Waals surface area contributed by atoms with Crippen molar-refractivity contribution in [2.24, 2.45) is 0 Å². The van der Waals surface area contributed by atoms with Gasteiger partial charge in [0.2, 0.25) is 5.90 Å². The van der Waals surface area contributed by atoms with Crippen LogP contribution in [0.25, 0.3) is 0 Å². The number of hydrogen-bond donors (Lipinski definition) is 3. The van der Waals surface area contributed by atoms with E-state index >= 15 is 0 Å². The van der Waals surface area contributed by atoms with E-state index in [9.17, 15) is 0 Å². The van der Waals surface area contributed by atoms with Crippen LogP contribution in [0.2, 0.25) is 0 Å². The van der Waals surface area contributed by atoms with Crippen molar-refractivity contribution in [3.8, 4) is 5.75 Å². The van der Waals surface area contributed by atoms with Gasteiger partial charge < -0.3 is 15.8 Å². The van der Waals surface area contributed by atoms with Crippen LogP contribution in [0.15, 0.2) is 30.6 Å². The summed E-state index contributed by atoms with van der Waals surface area (Å²) in [5, 5.41) is 11.4. The number of aromatic nitrogens is 2. The molecule has 0 saturated carbocycles. The van der Waals surface area contributed by atoms with Gasteiger partial charge in [-0.1, -0.05) is 12.1 Å². The number of nitrogen functional groups attached to an aromatic ring is 1. The number of benzene rings is 1. The first-order chi connectivity index (χ1) is 10.3. The van der Waals surface area contributed by atoms with Crippen molar-refractivity contribution in [3.63, 3.8) is 0 Å². The second-order valence-corrected chi connectivity index (χ2v) is 6.11. The minimum atomic E-state index is -0.223. The molecule has 0 amide bonds. The SMILES string of the molecule is Cc1cccc(OC(=N)c2c(N)ncnc2NC(C)(C)C)c1. The Morgan fingerprint density at radius 3 is 2.64 bits per heavy atom. The van der Waals surface area contributed by atoms with Gasteiger partial charge in [0.15, 0.2) is 0 Å². The molecule has 0 atom stereocenters. The molecule has 116 valence electrons. The Kier molecular flexibility index (Phi) is 4.30. The Hall–Kier alpha value is -2.63. The van der Waals surface area contributed by atoms with Gasteiger partial charge in [-0.3, -0.25) is 5.41 Å². The summed E-state index contributed by atoms with van der Waals surface area (Å²) in [6, 6.07) is 7.48. The third kappa shape index (κ3) is 3.94. The second-order valence-electron chi connectivity index (χ2n) is 6.11. The quantitative estimate of drug-likeness (QED) is 0.598. The Morgan fingerprint density at radius 2 is 2.00 bits per heavy atom. The molecule has 0 radical (unpaired) electrons. The predicted octanol–water partition coefficient (Wildman–Crippen LogP) is 2.98. The van der Waals surface area contributed by atoms with Crippen molar-refractivity contribution in [1.82, 2.24) is 9.97 Å². The smallest absolute Gasteiger partial charge is 0.226 e. The highest BCUT2D eigenvalue weighted by Crippen LogP contribution is 2.23. The van der Waals surface area contributed by atoms with Crippen LogP contribution in [0, 0.1) is 12.3 Å². The molecule has 0 saturated heterocycles. The van der Waals surface area contributed by atoms with E-state index in [1.165, 1.54) is 6.33 Å². The fourth-order valence-corrected chi connectivity index (χ4v) is 1.92. The maximum Gasteiger partial charge on any atom is 0.226 e. The summed E-state index contributed by atoms with van der Waals surface area (Å²) in [5.74, 6) is 1.18. The molecule has 0 spiro atoms. The van der Waals surface area contributed by atoms with Crippen LogP contribution in [-0.2, 0) is 0 Å². The number of nitrogens with zero attached hydrogens (tertiary/aromatic N) is 2. The molecule has 4 N–H and O–H groups in total. The van der Waals surface area contributed by atoms with Crippen LogP contribution in [0.4, 0.5) is 11.6 Å². The molecule has 2 aromatic rings. The van der Waals surface area contributed by atoms with E-state index in [2.05, 4.69) is 15.3 Å². The van der Waals surface area contributed by atoms with E-state index in [0.29, 0.717) is 17.1 Å². The third-order valence-corrected chi connectivity index (χ3v) is 2.81. The van der Waals surface area contributed by atoms with Crippen LogP contribution < -0.4 is 15.8 Å². The lowest BCUT2D eigenvalue weighted by Gasteiger charge is -2.23. The molecule has 1 aromatic heterocycles. The lowest BCUT2D eigenvalue weighted by molar-refractivity contribution is 0.546. The van der Waals surface area contributed by atoms with E-state index in [1.807, 2.05) is 45.9 Å². The van der Waals surface area contributed by atoms with Crippen molar-refractivity contribution < 1.29 is 4.74 Å². The van der Waals surface area contributed by atoms with Gasteiger partial charge in [-0.05, 0) is 45.4 Å². The number of anilines is 2. The van der Waals surface area contributed by atoms with E-state index in [1.54, 1.807) is 6.07 Å². The van der Waals surface area contributed by atoms with E-state index in [-0.39, 0.29) is 17.3 Å². The summed E-state index contributed by atoms with van der Waals surface area (Å²) < 4.78 is 5.60. The molecule has 1 heterocycles. The fraction of sp³-hybridized carbons (Fsp3) is 0.312. The molecular weight excluding hydrogens is 278 g/mol. The van der Waals surface area contributed by atoms with Crippen LogP contribution >= 0.6 is 0 Å². The van der Waals surface area contributed by atoms with E-state index in [0.717, 1.165) is 5.56 Å². The molecule has 2 rings (SSSR count). The Morgan fingerprint density at radius 1 is 1.27 bits per heavy atom. The molecule has 6 nitrogen and oxygen atoms in total. The van der Waals surface area contributed by atoms with Gasteiger partial charge in [-0.2, -0.15) is 0 Å². The molecule has 0 fully saturated rings. The molecule has 0 aliphatic carbocycles. The van der Waals surface area contributed by atoms with Gasteiger partial charge in [0.1, 0.15) is 29.3 Å². The standard InChI is InChI=1S/C16H21N5O/c1-10-6-5-7-11(8-10)22-14(18)12-13(17)19-9-20-15(12)21-16(2,3)4/h5-9,18H,1-4H3,(H3,17,19,20,21). The first kappa shape index (κ1) is 15.8. The van der Waals surface area contributed by atoms with E-state index < -0.39 is 0 Å². The third-order valence-electron chi connectivity index (χ3n) is 2.81. The van der Waals surface area contributed by atoms with Gasteiger partial charge in [0.05, 0.1) is 0 Å². The molecule has 6 heteroatoms. The number of hydrogen-bond acceptors (Lipinski definition) is 6. The maximum atomic E-state index is 8.20. The summed E-state index contributed by atoms with van der Waals surface area (Å²) in [6.45, 7) is 7.96. The summed E-state index contributed by atoms with van der Waals surface area (Å²) in [7, 11) is 0. The average molecular weight is 299 g/mol. The van der Waals surface area contributed by atoms with Crippen LogP contribution in [-0.4, -0.2) is 21.4 Å². The number of rotatable bonds is 3. The van der Waals surface area contributed by atoms with Crippen molar-refractivity contribution in [2.75, 3.05) is 11.1 Å². The van der Waals surface area contributed by atoms with Gasteiger partial charge in [0, 0.05) is 5.54 Å². The summed E-state index contributed by atoms with van der Waals surface area (Å²) in [6.07, 6.45) is 1.37. The Bertz CT molecular complexity index is 691. The van der Waals surface area contributed by atoms with Crippen molar-refractivity contribution >= 4 is 17.5 Å². The zero-order valence-electron chi connectivity index (χ0n) is 13.3. The molecule has 0 aliphatic rings. The van der Waals surface area contributed by atoms with Crippen LogP contribution in [0.1, 0.15) is 31.9 Å². The average Bonchev–Trinajstić information content (AvgIpc) is 2.36. The van der Waals surface area contributed by atoms with Crippen LogP contribution in [0.3, 0.4) is 0 Å². The van der Waals surface area contributed by atoms with Gasteiger partial charge in [-0.25, -0.2) is 9.97 Å². The predicted molar refractivity (Wildman–Crippen MR) is 88.5 cm³/mol. The Balaban J connectivity index is 2.32. The highest BCUT2D eigenvalue weighted by Gasteiger charge is 2.20. The number of aryl methyl sites for hydroxylation is 1. The summed E-state index contributed by atoms with van der Waals surface area (Å²) in [5.41, 5.74) is 7.10. The lowest BCUT2D eigenvalue weighted by atomic mass is 10.1. The first-order valence-electron chi connectivity index (χ1n) is 6.98. The summed E-state index contributed by atoms with van der Waals surface area (Å²) >= 11 is 0. The fourth-order valence-electron chi connectivity index (χ4n) is 1.92. The zero-order chi connectivity index (χ0) is 16.3. The zero-order valence-corrected chi connectivity index (χ0v) is 13.3. The minimum absolute atomic E-state index is 0.0875. The molecule has 0 bridgehead atoms. The summed E-state index contributed by atoms with van der Waals surface area (Å²) in [4.78, 5) is 8.14. The van der Waals surface area contributed by atoms with Crippen molar-refractivity contribution in [3.05, 3.63) is 41.7 Å². The minimum Gasteiger partial charge on any atom is -0.439 e. The maximum absolute atomic E-state index is 8.20. The van der Waals surface area contributed by atoms with Crippen molar-refractivity contribution in [2.45, 2.75) is 33.2 Å². The molecule has 1 aromatic carbocycles. The van der Waals surface area contributed by atoms with Gasteiger partial charge in [0.25, 0.3) is 0 Å². The van der Waals surface area contributed by atoms with E-state index in [4.69, 9.17) is 15.9 Å². The first-order valence-corrected chi connectivity index (χ1v) is 6.98. The topological polar surface area (TPSA) is 96.9 Å². The highest BCUT2D eigenvalue weighted by atomic mass is 16.5. The normalized spacial score (nSPS) is 11.1. The van der Waals surface area contributed by atoms with Crippen molar-refractivity contribution in [1.29, 1.82) is 5.41 Å². The van der Waals surface area contributed by atoms with Gasteiger partial charge in [-0.15, -0.1) is 0 Å². The number of nitrogens with two attached hydrogens (primary N) is 1. The second kappa shape index (κ2) is 6.01. The number of ether oxygens (including phenoxy) is 1. The highest BCUT2D eigenvalue weighted by molar-refractivity contribution is 6.02. The molecule has 0 aliphatic heterocycles. The molecule has 0 unspecified atom stereocenters. The number of nitrogens with one attached hydrogen (secondary N) is 2. The van der Waals surface area contributed by atoms with Gasteiger partial charge >= 0.3 is 0 Å². The lowest BCUT2D eigenvalue weighted by Crippen LogP contribution is -2.29. The molecule has 22 heavy (non-hydrogen) atoms. The Labute approximate surface area is 130 Å². The monoisotopic (exact) mass is 299 g/mol. The molecular formula is C16H21N5O. The van der Waals surface area contributed by atoms with Crippen LogP contribution in [0.5, 0.6) is 5.75 Å².